The maximum atomic E-state index is 9.41. The third-order valence-electron chi connectivity index (χ3n) is 6.42. The molecule has 0 bridgehead atoms. The summed E-state index contributed by atoms with van der Waals surface area (Å²) >= 11 is 0. The molecular formula is C37H24N2. The largest absolute Gasteiger partial charge is 0.291 e. The third kappa shape index (κ3) is 3.32. The average Bonchev–Trinajstić information content (AvgIpc) is 3.59. The number of imidazole rings is 1. The Balaban J connectivity index is 1.80. The lowest BCUT2D eigenvalue weighted by molar-refractivity contribution is 1.13. The van der Waals surface area contributed by atoms with Gasteiger partial charge in [-0.1, -0.05) is 133 Å². The number of nitrogens with zero attached hydrogens (tertiary/aromatic N) is 2. The Morgan fingerprint density at radius 1 is 0.538 bits per heavy atom. The average molecular weight is 517 g/mol. The van der Waals surface area contributed by atoms with Crippen molar-refractivity contribution in [3.8, 4) is 28.2 Å². The van der Waals surface area contributed by atoms with Crippen LogP contribution in [0.4, 0.5) is 0 Å². The zero-order valence-corrected chi connectivity index (χ0v) is 19.7. The van der Waals surface area contributed by atoms with E-state index in [1.807, 2.05) is 0 Å². The van der Waals surface area contributed by atoms with Crippen LogP contribution < -0.4 is 0 Å². The normalized spacial score (nSPS) is 18.8. The van der Waals surface area contributed by atoms with Gasteiger partial charge in [0.15, 0.2) is 0 Å². The van der Waals surface area contributed by atoms with Crippen molar-refractivity contribution in [3.05, 3.63) is 145 Å². The van der Waals surface area contributed by atoms with Gasteiger partial charge in [0.05, 0.1) is 44.1 Å². The summed E-state index contributed by atoms with van der Waals surface area (Å²) < 4.78 is 178. The van der Waals surface area contributed by atoms with Crippen LogP contribution in [-0.4, -0.2) is 9.55 Å². The lowest BCUT2D eigenvalue weighted by Crippen LogP contribution is -2.01. The highest BCUT2D eigenvalue weighted by molar-refractivity contribution is 6.21. The van der Waals surface area contributed by atoms with Gasteiger partial charge < -0.3 is 0 Å². The Hall–Kier alpha value is -5.21. The Labute approximate surface area is 254 Å². The molecule has 0 aliphatic heterocycles. The highest BCUT2D eigenvalue weighted by atomic mass is 15.1. The van der Waals surface area contributed by atoms with Gasteiger partial charge in [0, 0.05) is 16.3 Å². The van der Waals surface area contributed by atoms with Gasteiger partial charge in [-0.15, -0.1) is 0 Å². The van der Waals surface area contributed by atoms with Gasteiger partial charge in [0.1, 0.15) is 5.82 Å². The van der Waals surface area contributed by atoms with Gasteiger partial charge in [-0.05, 0) is 44.8 Å². The maximum absolute atomic E-state index is 9.41. The molecule has 2 nitrogen and oxygen atoms in total. The summed E-state index contributed by atoms with van der Waals surface area (Å²) in [6.45, 7) is 0. The second-order valence-corrected chi connectivity index (χ2v) is 8.48. The molecule has 1 heterocycles. The van der Waals surface area contributed by atoms with Crippen LogP contribution in [0.1, 0.15) is 27.4 Å². The number of benzene rings is 7. The minimum Gasteiger partial charge on any atom is -0.291 e. The first-order valence-corrected chi connectivity index (χ1v) is 11.7. The summed E-state index contributed by atoms with van der Waals surface area (Å²) in [7, 11) is 0. The molecule has 39 heavy (non-hydrogen) atoms. The van der Waals surface area contributed by atoms with Gasteiger partial charge in [-0.2, -0.15) is 0 Å². The van der Waals surface area contributed by atoms with E-state index in [1.54, 1.807) is 12.1 Å². The van der Waals surface area contributed by atoms with Crippen LogP contribution in [-0.2, 0) is 0 Å². The highest BCUT2D eigenvalue weighted by Gasteiger charge is 2.21. The standard InChI is InChI=1S/C37H24N2/c1-2-14-26(15-3-1)37-38-33-23-10-11-24-34(33)39(37)36-31-20-8-6-18-29(31)35(30-19-7-9-21-32(30)36)28-22-12-16-25-13-4-5-17-27(25)28/h1-24H/i1D,2D,3D,4D,5D,6D,7D,8D,9D,12D,13D,14D,15D,16D,17D,18D,19D,20D,21D,22D. The maximum Gasteiger partial charge on any atom is 0.145 e. The molecule has 0 aliphatic rings. The SMILES string of the molecule is [2H]c1c([2H])c([2H])c(-c2nc3ccccc3n2-c2c3c([2H])c([2H])c([2H])c([2H])c3c(-c3c([2H])c([2H])c([2H])c4c([2H])c([2H])c([2H])c([2H])c34)c3c([2H])c([2H])c([2H])c([2H])c23)c([2H])c1[2H]. The summed E-state index contributed by atoms with van der Waals surface area (Å²) in [5, 5.41) is -3.04. The van der Waals surface area contributed by atoms with Crippen LogP contribution in [0.25, 0.3) is 71.6 Å². The van der Waals surface area contributed by atoms with E-state index < -0.39 is 176 Å². The first-order valence-electron chi connectivity index (χ1n) is 21.7. The predicted octanol–water partition coefficient (Wildman–Crippen LogP) is 9.82. The molecule has 1 aromatic heterocycles. The summed E-state index contributed by atoms with van der Waals surface area (Å²) in [4.78, 5) is 4.64. The quantitative estimate of drug-likeness (QED) is 0.214. The van der Waals surface area contributed by atoms with Crippen LogP contribution in [0.15, 0.2) is 145 Å². The molecule has 0 atom stereocenters. The van der Waals surface area contributed by atoms with Crippen molar-refractivity contribution in [2.24, 2.45) is 0 Å². The molecule has 182 valence electrons. The van der Waals surface area contributed by atoms with Gasteiger partial charge in [-0.3, -0.25) is 4.57 Å². The molecule has 2 heteroatoms. The predicted molar refractivity (Wildman–Crippen MR) is 164 cm³/mol. The summed E-state index contributed by atoms with van der Waals surface area (Å²) in [5.74, 6) is -0.369. The van der Waals surface area contributed by atoms with E-state index in [1.165, 1.54) is 16.7 Å². The van der Waals surface area contributed by atoms with Crippen LogP contribution in [0.2, 0.25) is 0 Å². The number of para-hydroxylation sites is 2. The minimum atomic E-state index is -0.853. The zero-order chi connectivity index (χ0) is 43.2. The minimum absolute atomic E-state index is 0.109. The van der Waals surface area contributed by atoms with Crippen molar-refractivity contribution >= 4 is 43.4 Å². The molecule has 0 saturated carbocycles. The van der Waals surface area contributed by atoms with Gasteiger partial charge in [0.2, 0.25) is 0 Å². The van der Waals surface area contributed by atoms with E-state index in [2.05, 4.69) is 4.98 Å². The monoisotopic (exact) mass is 516 g/mol. The van der Waals surface area contributed by atoms with Crippen molar-refractivity contribution in [3.63, 3.8) is 0 Å². The van der Waals surface area contributed by atoms with Gasteiger partial charge >= 0.3 is 0 Å². The van der Waals surface area contributed by atoms with E-state index in [0.29, 0.717) is 0 Å². The topological polar surface area (TPSA) is 17.8 Å². The van der Waals surface area contributed by atoms with Crippen molar-refractivity contribution in [2.45, 2.75) is 0 Å². The lowest BCUT2D eigenvalue weighted by Gasteiger charge is -2.20. The number of hydrogen-bond acceptors (Lipinski definition) is 1. The number of hydrogen-bond donors (Lipinski definition) is 0. The summed E-state index contributed by atoms with van der Waals surface area (Å²) in [6, 6.07) is -9.69. The molecule has 7 aromatic carbocycles. The fourth-order valence-corrected chi connectivity index (χ4v) is 4.86. The van der Waals surface area contributed by atoms with Crippen molar-refractivity contribution in [2.75, 3.05) is 0 Å². The van der Waals surface area contributed by atoms with Crippen molar-refractivity contribution < 1.29 is 27.4 Å². The Morgan fingerprint density at radius 2 is 1.13 bits per heavy atom. The molecule has 0 saturated heterocycles. The Kier molecular flexibility index (Phi) is 2.19. The van der Waals surface area contributed by atoms with E-state index in [4.69, 9.17) is 20.6 Å². The molecule has 8 rings (SSSR count). The fraction of sp³-hybridized carbons (Fsp3) is 0. The van der Waals surface area contributed by atoms with Gasteiger partial charge in [0.25, 0.3) is 0 Å². The van der Waals surface area contributed by atoms with Crippen LogP contribution in [0.3, 0.4) is 0 Å². The second-order valence-electron chi connectivity index (χ2n) is 8.48. The van der Waals surface area contributed by atoms with Crippen LogP contribution in [0, 0.1) is 0 Å². The van der Waals surface area contributed by atoms with E-state index >= 15 is 0 Å². The van der Waals surface area contributed by atoms with Crippen molar-refractivity contribution in [1.82, 2.24) is 9.55 Å². The molecule has 0 spiro atoms. The van der Waals surface area contributed by atoms with Crippen molar-refractivity contribution in [1.29, 1.82) is 0 Å². The molecule has 0 unspecified atom stereocenters. The molecule has 0 radical (unpaired) electrons. The summed E-state index contributed by atoms with van der Waals surface area (Å²) in [6.07, 6.45) is 0. The highest BCUT2D eigenvalue weighted by Crippen LogP contribution is 2.44. The zero-order valence-electron chi connectivity index (χ0n) is 39.7. The number of aromatic nitrogens is 2. The molecule has 8 aromatic rings. The Bertz CT molecular complexity index is 3160. The third-order valence-corrected chi connectivity index (χ3v) is 6.42. The fourth-order valence-electron chi connectivity index (χ4n) is 4.86. The number of fused-ring (bicyclic) bond motifs is 4. The first-order chi connectivity index (χ1) is 27.7. The van der Waals surface area contributed by atoms with E-state index in [-0.39, 0.29) is 16.9 Å². The smallest absolute Gasteiger partial charge is 0.145 e. The summed E-state index contributed by atoms with van der Waals surface area (Å²) in [5.41, 5.74) is -1.71. The molecule has 0 fully saturated rings. The molecular weight excluding hydrogens is 472 g/mol. The number of rotatable bonds is 3. The van der Waals surface area contributed by atoms with E-state index in [0.717, 1.165) is 0 Å². The molecule has 0 N–H and O–H groups in total. The lowest BCUT2D eigenvalue weighted by atomic mass is 9.88. The van der Waals surface area contributed by atoms with E-state index in [9.17, 15) is 6.85 Å². The van der Waals surface area contributed by atoms with Crippen LogP contribution in [0.5, 0.6) is 0 Å². The molecule has 0 aliphatic carbocycles. The molecule has 0 amide bonds. The second kappa shape index (κ2) is 8.68. The first kappa shape index (κ1) is 9.83. The van der Waals surface area contributed by atoms with Gasteiger partial charge in [-0.25, -0.2) is 4.98 Å². The van der Waals surface area contributed by atoms with Crippen LogP contribution >= 0.6 is 0 Å². The Morgan fingerprint density at radius 3 is 1.87 bits per heavy atom.